The molecule has 0 bridgehead atoms. The third kappa shape index (κ3) is 2.29. The summed E-state index contributed by atoms with van der Waals surface area (Å²) < 4.78 is 5.51. The summed E-state index contributed by atoms with van der Waals surface area (Å²) in [7, 11) is 0. The standard InChI is InChI=1S/C17H14BrN3.BrH/c1-2-20-15-5-3-4-6-16(15)21-11-14(19-17(20)21)12-7-9-13(18)10-8-12;/h3-11H,2H2,1H3;1H. The molecular formula is C17H15Br2N3. The summed E-state index contributed by atoms with van der Waals surface area (Å²) in [6.45, 7) is 3.06. The number of para-hydroxylation sites is 2. The van der Waals surface area contributed by atoms with Gasteiger partial charge in [-0.1, -0.05) is 40.2 Å². The number of hydrogen-bond donors (Lipinski definition) is 0. The number of imidazole rings is 2. The summed E-state index contributed by atoms with van der Waals surface area (Å²) in [6, 6.07) is 16.7. The third-order valence-corrected chi connectivity index (χ3v) is 4.35. The van der Waals surface area contributed by atoms with Crippen molar-refractivity contribution >= 4 is 49.7 Å². The molecule has 0 amide bonds. The van der Waals surface area contributed by atoms with Crippen LogP contribution in [0.15, 0.2) is 59.2 Å². The van der Waals surface area contributed by atoms with Gasteiger partial charge in [0.2, 0.25) is 5.78 Å². The molecule has 0 aliphatic rings. The quantitative estimate of drug-likeness (QED) is 0.430. The molecule has 2 aromatic carbocycles. The fraction of sp³-hybridized carbons (Fsp3) is 0.118. The summed E-state index contributed by atoms with van der Waals surface area (Å²) in [6.07, 6.45) is 2.12. The van der Waals surface area contributed by atoms with Gasteiger partial charge in [0.1, 0.15) is 0 Å². The van der Waals surface area contributed by atoms with E-state index in [0.29, 0.717) is 0 Å². The third-order valence-electron chi connectivity index (χ3n) is 3.82. The van der Waals surface area contributed by atoms with Crippen molar-refractivity contribution in [3.63, 3.8) is 0 Å². The zero-order valence-electron chi connectivity index (χ0n) is 12.0. The zero-order valence-corrected chi connectivity index (χ0v) is 15.3. The van der Waals surface area contributed by atoms with Gasteiger partial charge < -0.3 is 4.57 Å². The summed E-state index contributed by atoms with van der Waals surface area (Å²) in [5.74, 6) is 0.997. The second-order valence-electron chi connectivity index (χ2n) is 5.04. The number of aromatic nitrogens is 3. The first-order chi connectivity index (χ1) is 10.3. The molecule has 0 spiro atoms. The van der Waals surface area contributed by atoms with Gasteiger partial charge >= 0.3 is 0 Å². The molecule has 4 aromatic rings. The lowest BCUT2D eigenvalue weighted by Gasteiger charge is -2.00. The van der Waals surface area contributed by atoms with Crippen molar-refractivity contribution in [3.8, 4) is 11.3 Å². The molecule has 4 rings (SSSR count). The molecule has 0 saturated carbocycles. The summed E-state index contributed by atoms with van der Waals surface area (Å²) >= 11 is 3.47. The topological polar surface area (TPSA) is 22.2 Å². The molecule has 0 aliphatic carbocycles. The van der Waals surface area contributed by atoms with Crippen LogP contribution < -0.4 is 0 Å². The Morgan fingerprint density at radius 3 is 2.36 bits per heavy atom. The minimum Gasteiger partial charge on any atom is -0.310 e. The van der Waals surface area contributed by atoms with Gasteiger partial charge in [0, 0.05) is 22.8 Å². The average molecular weight is 421 g/mol. The highest BCUT2D eigenvalue weighted by atomic mass is 79.9. The van der Waals surface area contributed by atoms with E-state index in [-0.39, 0.29) is 17.0 Å². The maximum Gasteiger partial charge on any atom is 0.215 e. The molecule has 112 valence electrons. The smallest absolute Gasteiger partial charge is 0.215 e. The Kier molecular flexibility index (Phi) is 4.10. The highest BCUT2D eigenvalue weighted by molar-refractivity contribution is 9.10. The van der Waals surface area contributed by atoms with E-state index in [2.05, 4.69) is 74.4 Å². The Labute approximate surface area is 147 Å². The molecule has 2 aromatic heterocycles. The molecule has 0 N–H and O–H groups in total. The van der Waals surface area contributed by atoms with E-state index < -0.39 is 0 Å². The maximum absolute atomic E-state index is 4.83. The van der Waals surface area contributed by atoms with E-state index in [1.165, 1.54) is 11.0 Å². The Morgan fingerprint density at radius 2 is 1.68 bits per heavy atom. The number of aryl methyl sites for hydroxylation is 1. The molecule has 0 aliphatic heterocycles. The first-order valence-corrected chi connectivity index (χ1v) is 7.79. The van der Waals surface area contributed by atoms with Crippen LogP contribution in [0.5, 0.6) is 0 Å². The van der Waals surface area contributed by atoms with Crippen molar-refractivity contribution in [2.24, 2.45) is 0 Å². The van der Waals surface area contributed by atoms with Crippen molar-refractivity contribution < 1.29 is 0 Å². The molecule has 3 nitrogen and oxygen atoms in total. The number of hydrogen-bond acceptors (Lipinski definition) is 1. The van der Waals surface area contributed by atoms with Crippen LogP contribution in [0, 0.1) is 0 Å². The van der Waals surface area contributed by atoms with Crippen molar-refractivity contribution in [1.29, 1.82) is 0 Å². The summed E-state index contributed by atoms with van der Waals surface area (Å²) in [5.41, 5.74) is 4.56. The van der Waals surface area contributed by atoms with Crippen LogP contribution in [0.1, 0.15) is 6.92 Å². The van der Waals surface area contributed by atoms with Crippen LogP contribution in [-0.2, 0) is 6.54 Å². The number of halogens is 2. The molecule has 0 fully saturated rings. The molecule has 0 saturated heterocycles. The summed E-state index contributed by atoms with van der Waals surface area (Å²) in [5, 5.41) is 0. The van der Waals surface area contributed by atoms with E-state index in [1.807, 2.05) is 12.1 Å². The van der Waals surface area contributed by atoms with Gasteiger partial charge in [-0.05, 0) is 31.2 Å². The molecule has 0 radical (unpaired) electrons. The van der Waals surface area contributed by atoms with Crippen LogP contribution in [0.2, 0.25) is 0 Å². The Morgan fingerprint density at radius 1 is 1.00 bits per heavy atom. The first kappa shape index (κ1) is 15.3. The molecule has 0 unspecified atom stereocenters. The van der Waals surface area contributed by atoms with Crippen LogP contribution >= 0.6 is 32.9 Å². The Hall–Kier alpha value is -1.59. The van der Waals surface area contributed by atoms with Crippen LogP contribution in [0.3, 0.4) is 0 Å². The Balaban J connectivity index is 0.00000144. The van der Waals surface area contributed by atoms with Crippen molar-refractivity contribution in [2.45, 2.75) is 13.5 Å². The van der Waals surface area contributed by atoms with Crippen LogP contribution in [-0.4, -0.2) is 14.0 Å². The van der Waals surface area contributed by atoms with Gasteiger partial charge in [-0.25, -0.2) is 4.98 Å². The monoisotopic (exact) mass is 419 g/mol. The lowest BCUT2D eigenvalue weighted by atomic mass is 10.2. The largest absolute Gasteiger partial charge is 0.310 e. The average Bonchev–Trinajstić information content (AvgIpc) is 3.05. The van der Waals surface area contributed by atoms with E-state index in [1.54, 1.807) is 0 Å². The van der Waals surface area contributed by atoms with E-state index in [4.69, 9.17) is 4.98 Å². The van der Waals surface area contributed by atoms with Crippen molar-refractivity contribution in [1.82, 2.24) is 14.0 Å². The number of nitrogens with zero attached hydrogens (tertiary/aromatic N) is 3. The minimum absolute atomic E-state index is 0. The van der Waals surface area contributed by atoms with Crippen LogP contribution in [0.4, 0.5) is 0 Å². The summed E-state index contributed by atoms with van der Waals surface area (Å²) in [4.78, 5) is 4.83. The Bertz CT molecular complexity index is 936. The normalized spacial score (nSPS) is 11.0. The highest BCUT2D eigenvalue weighted by Gasteiger charge is 2.13. The zero-order chi connectivity index (χ0) is 14.4. The maximum atomic E-state index is 4.83. The van der Waals surface area contributed by atoms with Crippen molar-refractivity contribution in [3.05, 3.63) is 59.2 Å². The van der Waals surface area contributed by atoms with Gasteiger partial charge in [0.25, 0.3) is 0 Å². The second kappa shape index (κ2) is 5.89. The SMILES string of the molecule is Br.CCn1c2ccccc2n2cc(-c3ccc(Br)cc3)nc12. The highest BCUT2D eigenvalue weighted by Crippen LogP contribution is 2.26. The van der Waals surface area contributed by atoms with Crippen LogP contribution in [0.25, 0.3) is 28.1 Å². The van der Waals surface area contributed by atoms with E-state index >= 15 is 0 Å². The fourth-order valence-electron chi connectivity index (χ4n) is 2.81. The van der Waals surface area contributed by atoms with E-state index in [9.17, 15) is 0 Å². The number of benzene rings is 2. The van der Waals surface area contributed by atoms with Gasteiger partial charge in [-0.3, -0.25) is 4.40 Å². The van der Waals surface area contributed by atoms with Gasteiger partial charge in [-0.2, -0.15) is 0 Å². The second-order valence-corrected chi connectivity index (χ2v) is 5.95. The van der Waals surface area contributed by atoms with Gasteiger partial charge in [0.15, 0.2) is 0 Å². The predicted molar refractivity (Wildman–Crippen MR) is 99.8 cm³/mol. The van der Waals surface area contributed by atoms with Gasteiger partial charge in [0.05, 0.1) is 16.7 Å². The molecule has 5 heteroatoms. The lowest BCUT2D eigenvalue weighted by Crippen LogP contribution is -1.94. The minimum atomic E-state index is 0. The number of fused-ring (bicyclic) bond motifs is 3. The predicted octanol–water partition coefficient (Wildman–Crippen LogP) is 5.32. The van der Waals surface area contributed by atoms with Gasteiger partial charge in [-0.15, -0.1) is 17.0 Å². The lowest BCUT2D eigenvalue weighted by molar-refractivity contribution is 0.807. The van der Waals surface area contributed by atoms with E-state index in [0.717, 1.165) is 28.1 Å². The molecule has 22 heavy (non-hydrogen) atoms. The molecular weight excluding hydrogens is 406 g/mol. The van der Waals surface area contributed by atoms with Crippen molar-refractivity contribution in [2.75, 3.05) is 0 Å². The molecule has 0 atom stereocenters. The first-order valence-electron chi connectivity index (χ1n) is 7.00. The molecule has 2 heterocycles. The fourth-order valence-corrected chi connectivity index (χ4v) is 3.08. The number of rotatable bonds is 2.